The standard InChI is InChI=1S/C15H22N6O/c1-10-14(11(2)20(3)19-10)12-9-13(18-17-12)15(22)21-7-4-5-16-6-8-21/h9,16H,4-8H2,1-3H3,(H,17,18). The number of aromatic amines is 1. The zero-order valence-electron chi connectivity index (χ0n) is 13.3. The van der Waals surface area contributed by atoms with Crippen LogP contribution in [-0.2, 0) is 7.05 Å². The summed E-state index contributed by atoms with van der Waals surface area (Å²) in [6, 6.07) is 1.83. The predicted octanol–water partition coefficient (Wildman–Crippen LogP) is 0.863. The summed E-state index contributed by atoms with van der Waals surface area (Å²) < 4.78 is 1.83. The fraction of sp³-hybridized carbons (Fsp3) is 0.533. The number of nitrogens with zero attached hydrogens (tertiary/aromatic N) is 4. The Morgan fingerprint density at radius 1 is 1.27 bits per heavy atom. The molecule has 3 heterocycles. The first-order valence-corrected chi connectivity index (χ1v) is 7.64. The number of carbonyl (C=O) groups is 1. The van der Waals surface area contributed by atoms with Gasteiger partial charge in [-0.05, 0) is 32.9 Å². The van der Waals surface area contributed by atoms with Crippen molar-refractivity contribution >= 4 is 5.91 Å². The number of hydrogen-bond acceptors (Lipinski definition) is 4. The average molecular weight is 302 g/mol. The summed E-state index contributed by atoms with van der Waals surface area (Å²) in [5, 5.41) is 14.9. The molecule has 7 heteroatoms. The third-order valence-electron chi connectivity index (χ3n) is 4.20. The number of aromatic nitrogens is 4. The highest BCUT2D eigenvalue weighted by Gasteiger charge is 2.21. The average Bonchev–Trinajstić information content (AvgIpc) is 2.93. The number of rotatable bonds is 2. The number of H-pyrrole nitrogens is 1. The van der Waals surface area contributed by atoms with Crippen molar-refractivity contribution in [3.8, 4) is 11.3 Å². The van der Waals surface area contributed by atoms with Crippen LogP contribution in [0, 0.1) is 13.8 Å². The third kappa shape index (κ3) is 2.64. The Hall–Kier alpha value is -2.15. The van der Waals surface area contributed by atoms with Gasteiger partial charge in [0.2, 0.25) is 0 Å². The second kappa shape index (κ2) is 5.92. The Morgan fingerprint density at radius 2 is 2.09 bits per heavy atom. The number of hydrogen-bond donors (Lipinski definition) is 2. The van der Waals surface area contributed by atoms with Crippen molar-refractivity contribution in [3.63, 3.8) is 0 Å². The van der Waals surface area contributed by atoms with Crippen molar-refractivity contribution in [1.29, 1.82) is 0 Å². The monoisotopic (exact) mass is 302 g/mol. The highest BCUT2D eigenvalue weighted by molar-refractivity contribution is 5.93. The van der Waals surface area contributed by atoms with Crippen LogP contribution in [-0.4, -0.2) is 57.0 Å². The molecule has 118 valence electrons. The quantitative estimate of drug-likeness (QED) is 0.862. The van der Waals surface area contributed by atoms with Crippen molar-refractivity contribution in [2.45, 2.75) is 20.3 Å². The Kier molecular flexibility index (Phi) is 3.98. The maximum Gasteiger partial charge on any atom is 0.271 e. The van der Waals surface area contributed by atoms with Crippen LogP contribution >= 0.6 is 0 Å². The van der Waals surface area contributed by atoms with E-state index in [4.69, 9.17) is 0 Å². The zero-order valence-corrected chi connectivity index (χ0v) is 13.3. The predicted molar refractivity (Wildman–Crippen MR) is 83.7 cm³/mol. The van der Waals surface area contributed by atoms with Crippen LogP contribution in [0.1, 0.15) is 28.3 Å². The number of aryl methyl sites for hydroxylation is 2. The molecule has 0 radical (unpaired) electrons. The van der Waals surface area contributed by atoms with Gasteiger partial charge in [0.1, 0.15) is 5.69 Å². The summed E-state index contributed by atoms with van der Waals surface area (Å²) in [6.07, 6.45) is 0.980. The molecule has 1 aliphatic heterocycles. The lowest BCUT2D eigenvalue weighted by molar-refractivity contribution is 0.0760. The van der Waals surface area contributed by atoms with Gasteiger partial charge < -0.3 is 10.2 Å². The summed E-state index contributed by atoms with van der Waals surface area (Å²) >= 11 is 0. The van der Waals surface area contributed by atoms with Gasteiger partial charge in [0.05, 0.1) is 11.4 Å². The van der Waals surface area contributed by atoms with E-state index in [0.29, 0.717) is 5.69 Å². The molecule has 0 atom stereocenters. The molecule has 0 spiro atoms. The van der Waals surface area contributed by atoms with E-state index in [1.54, 1.807) is 0 Å². The van der Waals surface area contributed by atoms with Gasteiger partial charge in [0.15, 0.2) is 0 Å². The Bertz CT molecular complexity index is 678. The van der Waals surface area contributed by atoms with Crippen LogP contribution in [0.3, 0.4) is 0 Å². The van der Waals surface area contributed by atoms with Crippen molar-refractivity contribution in [1.82, 2.24) is 30.2 Å². The van der Waals surface area contributed by atoms with E-state index in [2.05, 4.69) is 20.6 Å². The van der Waals surface area contributed by atoms with Crippen LogP contribution in [0.2, 0.25) is 0 Å². The lowest BCUT2D eigenvalue weighted by Gasteiger charge is -2.18. The van der Waals surface area contributed by atoms with Crippen molar-refractivity contribution in [2.75, 3.05) is 26.2 Å². The van der Waals surface area contributed by atoms with E-state index < -0.39 is 0 Å². The third-order valence-corrected chi connectivity index (χ3v) is 4.20. The summed E-state index contributed by atoms with van der Waals surface area (Å²) in [5.74, 6) is 0.0154. The molecule has 7 nitrogen and oxygen atoms in total. The lowest BCUT2D eigenvalue weighted by Crippen LogP contribution is -2.34. The minimum atomic E-state index is 0.0154. The fourth-order valence-corrected chi connectivity index (χ4v) is 2.92. The first kappa shape index (κ1) is 14.8. The second-order valence-corrected chi connectivity index (χ2v) is 5.73. The Balaban J connectivity index is 1.85. The molecule has 2 aromatic rings. The molecule has 1 saturated heterocycles. The highest BCUT2D eigenvalue weighted by atomic mass is 16.2. The normalized spacial score (nSPS) is 15.9. The topological polar surface area (TPSA) is 78.8 Å². The van der Waals surface area contributed by atoms with Gasteiger partial charge >= 0.3 is 0 Å². The van der Waals surface area contributed by atoms with Crippen molar-refractivity contribution in [3.05, 3.63) is 23.1 Å². The van der Waals surface area contributed by atoms with Crippen LogP contribution < -0.4 is 5.32 Å². The molecule has 0 bridgehead atoms. The molecular weight excluding hydrogens is 280 g/mol. The number of amides is 1. The molecule has 1 fully saturated rings. The molecule has 0 aromatic carbocycles. The van der Waals surface area contributed by atoms with Crippen LogP contribution in [0.15, 0.2) is 6.07 Å². The molecule has 0 aliphatic carbocycles. The zero-order chi connectivity index (χ0) is 15.7. The molecular formula is C15H22N6O. The number of nitrogens with one attached hydrogen (secondary N) is 2. The van der Waals surface area contributed by atoms with Crippen LogP contribution in [0.4, 0.5) is 0 Å². The molecule has 1 amide bonds. The van der Waals surface area contributed by atoms with Gasteiger partial charge in [-0.15, -0.1) is 0 Å². The van der Waals surface area contributed by atoms with Gasteiger partial charge in [-0.2, -0.15) is 10.2 Å². The lowest BCUT2D eigenvalue weighted by atomic mass is 10.1. The Labute approximate surface area is 129 Å². The summed E-state index contributed by atoms with van der Waals surface area (Å²) in [5.41, 5.74) is 4.28. The van der Waals surface area contributed by atoms with Gasteiger partial charge in [-0.3, -0.25) is 14.6 Å². The van der Waals surface area contributed by atoms with E-state index in [1.165, 1.54) is 0 Å². The summed E-state index contributed by atoms with van der Waals surface area (Å²) in [7, 11) is 1.91. The highest BCUT2D eigenvalue weighted by Crippen LogP contribution is 2.25. The van der Waals surface area contributed by atoms with E-state index >= 15 is 0 Å². The van der Waals surface area contributed by atoms with Crippen molar-refractivity contribution in [2.24, 2.45) is 7.05 Å². The first-order valence-electron chi connectivity index (χ1n) is 7.64. The van der Waals surface area contributed by atoms with E-state index in [9.17, 15) is 4.79 Å². The first-order chi connectivity index (χ1) is 10.6. The molecule has 1 aliphatic rings. The second-order valence-electron chi connectivity index (χ2n) is 5.73. The maximum atomic E-state index is 12.6. The van der Waals surface area contributed by atoms with E-state index in [1.807, 2.05) is 36.5 Å². The van der Waals surface area contributed by atoms with Crippen LogP contribution in [0.5, 0.6) is 0 Å². The van der Waals surface area contributed by atoms with Crippen molar-refractivity contribution < 1.29 is 4.79 Å². The molecule has 3 rings (SSSR count). The van der Waals surface area contributed by atoms with Gasteiger partial charge in [-0.1, -0.05) is 0 Å². The number of carbonyl (C=O) groups excluding carboxylic acids is 1. The molecule has 2 N–H and O–H groups in total. The smallest absolute Gasteiger partial charge is 0.271 e. The summed E-state index contributed by atoms with van der Waals surface area (Å²) in [6.45, 7) is 7.29. The van der Waals surface area contributed by atoms with E-state index in [-0.39, 0.29) is 5.91 Å². The summed E-state index contributed by atoms with van der Waals surface area (Å²) in [4.78, 5) is 14.5. The fourth-order valence-electron chi connectivity index (χ4n) is 2.92. The molecule has 0 saturated carbocycles. The molecule has 0 unspecified atom stereocenters. The minimum Gasteiger partial charge on any atom is -0.336 e. The van der Waals surface area contributed by atoms with E-state index in [0.717, 1.165) is 55.2 Å². The van der Waals surface area contributed by atoms with Crippen LogP contribution in [0.25, 0.3) is 11.3 Å². The molecule has 2 aromatic heterocycles. The van der Waals surface area contributed by atoms with Gasteiger partial charge in [0, 0.05) is 37.9 Å². The minimum absolute atomic E-state index is 0.0154. The Morgan fingerprint density at radius 3 is 2.82 bits per heavy atom. The largest absolute Gasteiger partial charge is 0.336 e. The van der Waals surface area contributed by atoms with Gasteiger partial charge in [-0.25, -0.2) is 0 Å². The maximum absolute atomic E-state index is 12.6. The molecule has 22 heavy (non-hydrogen) atoms. The SMILES string of the molecule is Cc1nn(C)c(C)c1-c1cc(C(=O)N2CCCNCC2)[nH]n1. The van der Waals surface area contributed by atoms with Gasteiger partial charge in [0.25, 0.3) is 5.91 Å².